The Balaban J connectivity index is 1.09. The Kier molecular flexibility index (Phi) is 6.16. The maximum Gasteiger partial charge on any atom is 0.313 e. The van der Waals surface area contributed by atoms with Gasteiger partial charge in [0.05, 0.1) is 0 Å². The summed E-state index contributed by atoms with van der Waals surface area (Å²) in [5.41, 5.74) is 2.83. The van der Waals surface area contributed by atoms with Crippen molar-refractivity contribution in [3.8, 4) is 0 Å². The van der Waals surface area contributed by atoms with Gasteiger partial charge in [0, 0.05) is 44.0 Å². The lowest BCUT2D eigenvalue weighted by atomic mass is 9.97. The van der Waals surface area contributed by atoms with E-state index in [4.69, 9.17) is 4.42 Å². The highest BCUT2D eigenvalue weighted by molar-refractivity contribution is 6.39. The highest BCUT2D eigenvalue weighted by Crippen LogP contribution is 2.26. The lowest BCUT2D eigenvalue weighted by Crippen LogP contribution is -2.42. The number of carbonyl (C=O) groups excluding carboxylic acids is 3. The quantitative estimate of drug-likeness (QED) is 0.566. The van der Waals surface area contributed by atoms with Crippen molar-refractivity contribution in [2.24, 2.45) is 5.92 Å². The van der Waals surface area contributed by atoms with Gasteiger partial charge in [-0.3, -0.25) is 14.4 Å². The zero-order chi connectivity index (χ0) is 23.5. The van der Waals surface area contributed by atoms with Gasteiger partial charge >= 0.3 is 11.8 Å². The number of anilines is 3. The van der Waals surface area contributed by atoms with Crippen LogP contribution in [0.1, 0.15) is 25.7 Å². The van der Waals surface area contributed by atoms with Gasteiger partial charge in [-0.1, -0.05) is 18.2 Å². The molecule has 2 aliphatic rings. The first-order valence-electron chi connectivity index (χ1n) is 11.7. The Morgan fingerprint density at radius 3 is 2.62 bits per heavy atom. The maximum absolute atomic E-state index is 12.4. The average molecular weight is 462 g/mol. The molecular weight excluding hydrogens is 434 g/mol. The van der Waals surface area contributed by atoms with E-state index in [1.807, 2.05) is 30.3 Å². The Bertz CT molecular complexity index is 1180. The smallest absolute Gasteiger partial charge is 0.313 e. The second kappa shape index (κ2) is 9.54. The van der Waals surface area contributed by atoms with Crippen molar-refractivity contribution < 1.29 is 18.8 Å². The first kappa shape index (κ1) is 21.9. The van der Waals surface area contributed by atoms with E-state index in [2.05, 4.69) is 20.5 Å². The van der Waals surface area contributed by atoms with Crippen LogP contribution < -0.4 is 20.4 Å². The van der Waals surface area contributed by atoms with E-state index in [9.17, 15) is 14.4 Å². The number of amides is 3. The first-order valence-corrected chi connectivity index (χ1v) is 11.7. The van der Waals surface area contributed by atoms with Crippen LogP contribution in [0.15, 0.2) is 52.9 Å². The fourth-order valence-corrected chi connectivity index (χ4v) is 4.50. The van der Waals surface area contributed by atoms with Gasteiger partial charge in [-0.2, -0.15) is 4.98 Å². The van der Waals surface area contributed by atoms with Gasteiger partial charge in [0.1, 0.15) is 5.52 Å². The molecular formula is C25H27N5O4. The predicted molar refractivity (Wildman–Crippen MR) is 129 cm³/mol. The number of carbonyl (C=O) groups is 3. The Morgan fingerprint density at radius 2 is 1.85 bits per heavy atom. The van der Waals surface area contributed by atoms with Crippen molar-refractivity contribution in [1.82, 2.24) is 10.3 Å². The van der Waals surface area contributed by atoms with E-state index in [0.717, 1.165) is 49.1 Å². The summed E-state index contributed by atoms with van der Waals surface area (Å²) in [7, 11) is 0. The highest BCUT2D eigenvalue weighted by atomic mass is 16.4. The van der Waals surface area contributed by atoms with E-state index in [0.29, 0.717) is 31.2 Å². The number of oxazole rings is 1. The molecule has 3 amide bonds. The molecule has 0 radical (unpaired) electrons. The minimum absolute atomic E-state index is 0.0726. The third kappa shape index (κ3) is 4.73. The third-order valence-corrected chi connectivity index (χ3v) is 6.41. The molecule has 176 valence electrons. The molecule has 0 saturated carbocycles. The molecule has 0 spiro atoms. The SMILES string of the molecule is O=C(NCC1CCN(c2nc3ccccc3o2)CC1)C(=O)Nc1cccc(N2CCCC2=O)c1. The van der Waals surface area contributed by atoms with Crippen molar-refractivity contribution in [3.63, 3.8) is 0 Å². The molecule has 2 aliphatic heterocycles. The first-order chi connectivity index (χ1) is 16.6. The molecule has 3 heterocycles. The average Bonchev–Trinajstić information content (AvgIpc) is 3.49. The molecule has 2 aromatic carbocycles. The fraction of sp³-hybridized carbons (Fsp3) is 0.360. The summed E-state index contributed by atoms with van der Waals surface area (Å²) in [5.74, 6) is -1.02. The molecule has 2 N–H and O–H groups in total. The maximum atomic E-state index is 12.4. The third-order valence-electron chi connectivity index (χ3n) is 6.41. The van der Waals surface area contributed by atoms with Crippen LogP contribution >= 0.6 is 0 Å². The van der Waals surface area contributed by atoms with Crippen LogP contribution in [0.2, 0.25) is 0 Å². The number of fused-ring (bicyclic) bond motifs is 1. The normalized spacial score (nSPS) is 16.8. The molecule has 9 nitrogen and oxygen atoms in total. The van der Waals surface area contributed by atoms with Crippen molar-refractivity contribution >= 4 is 46.2 Å². The van der Waals surface area contributed by atoms with Crippen molar-refractivity contribution in [3.05, 3.63) is 48.5 Å². The lowest BCUT2D eigenvalue weighted by Gasteiger charge is -2.30. The van der Waals surface area contributed by atoms with Gasteiger partial charge in [0.15, 0.2) is 5.58 Å². The van der Waals surface area contributed by atoms with Crippen molar-refractivity contribution in [1.29, 1.82) is 0 Å². The zero-order valence-electron chi connectivity index (χ0n) is 18.8. The minimum Gasteiger partial charge on any atom is -0.423 e. The molecule has 1 aromatic heterocycles. The van der Waals surface area contributed by atoms with Gasteiger partial charge < -0.3 is 24.9 Å². The van der Waals surface area contributed by atoms with Gasteiger partial charge in [0.2, 0.25) is 5.91 Å². The molecule has 9 heteroatoms. The molecule has 2 saturated heterocycles. The molecule has 5 rings (SSSR count). The van der Waals surface area contributed by atoms with E-state index in [-0.39, 0.29) is 11.8 Å². The minimum atomic E-state index is -0.714. The molecule has 0 bridgehead atoms. The number of aromatic nitrogens is 1. The van der Waals surface area contributed by atoms with Crippen LogP contribution in [0, 0.1) is 5.92 Å². The van der Waals surface area contributed by atoms with Crippen LogP contribution in [-0.2, 0) is 14.4 Å². The van der Waals surface area contributed by atoms with E-state index < -0.39 is 11.8 Å². The van der Waals surface area contributed by atoms with E-state index >= 15 is 0 Å². The molecule has 3 aromatic rings. The zero-order valence-corrected chi connectivity index (χ0v) is 18.8. The topological polar surface area (TPSA) is 108 Å². The van der Waals surface area contributed by atoms with Crippen LogP contribution in [-0.4, -0.2) is 48.9 Å². The van der Waals surface area contributed by atoms with E-state index in [1.165, 1.54) is 0 Å². The Labute approximate surface area is 197 Å². The summed E-state index contributed by atoms with van der Waals surface area (Å²) in [4.78, 5) is 45.0. The number of piperidine rings is 1. The molecule has 2 fully saturated rings. The fourth-order valence-electron chi connectivity index (χ4n) is 4.50. The van der Waals surface area contributed by atoms with Gasteiger partial charge in [-0.15, -0.1) is 0 Å². The van der Waals surface area contributed by atoms with Crippen LogP contribution in [0.5, 0.6) is 0 Å². The van der Waals surface area contributed by atoms with Crippen molar-refractivity contribution in [2.75, 3.05) is 41.3 Å². The Morgan fingerprint density at radius 1 is 1.03 bits per heavy atom. The van der Waals surface area contributed by atoms with Crippen LogP contribution in [0.4, 0.5) is 17.4 Å². The summed E-state index contributed by atoms with van der Waals surface area (Å²) in [6.07, 6.45) is 3.09. The van der Waals surface area contributed by atoms with Crippen molar-refractivity contribution in [2.45, 2.75) is 25.7 Å². The van der Waals surface area contributed by atoms with Gasteiger partial charge in [-0.25, -0.2) is 0 Å². The number of hydrogen-bond acceptors (Lipinski definition) is 6. The molecule has 34 heavy (non-hydrogen) atoms. The number of benzene rings is 2. The molecule has 0 atom stereocenters. The Hall–Kier alpha value is -3.88. The molecule has 0 unspecified atom stereocenters. The standard InChI is InChI=1S/C25H27N5O4/c31-22-9-4-12-30(22)19-6-3-5-18(15-19)27-24(33)23(32)26-16-17-10-13-29(14-11-17)25-28-20-7-1-2-8-21(20)34-25/h1-3,5-8,15,17H,4,9-14,16H2,(H,26,32)(H,27,33). The summed E-state index contributed by atoms with van der Waals surface area (Å²) in [6, 6.07) is 15.3. The number of nitrogens with zero attached hydrogens (tertiary/aromatic N) is 3. The second-order valence-electron chi connectivity index (χ2n) is 8.76. The largest absolute Gasteiger partial charge is 0.423 e. The van der Waals surface area contributed by atoms with E-state index in [1.54, 1.807) is 23.1 Å². The lowest BCUT2D eigenvalue weighted by molar-refractivity contribution is -0.136. The summed E-state index contributed by atoms with van der Waals surface area (Å²) >= 11 is 0. The van der Waals surface area contributed by atoms with Crippen LogP contribution in [0.3, 0.4) is 0 Å². The number of hydrogen-bond donors (Lipinski definition) is 2. The van der Waals surface area contributed by atoms with Crippen LogP contribution in [0.25, 0.3) is 11.1 Å². The predicted octanol–water partition coefficient (Wildman–Crippen LogP) is 2.93. The van der Waals surface area contributed by atoms with Gasteiger partial charge in [0.25, 0.3) is 6.01 Å². The second-order valence-corrected chi connectivity index (χ2v) is 8.76. The summed E-state index contributed by atoms with van der Waals surface area (Å²) in [6.45, 7) is 2.67. The van der Waals surface area contributed by atoms with Gasteiger partial charge in [-0.05, 0) is 55.5 Å². The summed E-state index contributed by atoms with van der Waals surface area (Å²) in [5, 5.41) is 5.38. The number of rotatable bonds is 5. The monoisotopic (exact) mass is 461 g/mol. The highest BCUT2D eigenvalue weighted by Gasteiger charge is 2.25. The molecule has 0 aliphatic carbocycles. The summed E-state index contributed by atoms with van der Waals surface area (Å²) < 4.78 is 5.85. The number of nitrogens with one attached hydrogen (secondary N) is 2. The number of para-hydroxylation sites is 2.